The lowest BCUT2D eigenvalue weighted by Gasteiger charge is -2.01. The quantitative estimate of drug-likeness (QED) is 0.789. The predicted molar refractivity (Wildman–Crippen MR) is 50.5 cm³/mol. The Morgan fingerprint density at radius 2 is 2.27 bits per heavy atom. The molecule has 3 nitrogen and oxygen atoms in total. The van der Waals surface area contributed by atoms with E-state index in [-0.39, 0.29) is 12.2 Å². The molecule has 0 amide bonds. The molecule has 1 aromatic rings. The molecule has 0 atom stereocenters. The lowest BCUT2D eigenvalue weighted by atomic mass is 10.5. The van der Waals surface area contributed by atoms with Crippen LogP contribution in [0.1, 0.15) is 0 Å². The Bertz CT molecular complexity index is 295. The van der Waals surface area contributed by atoms with Gasteiger partial charge in [-0.1, -0.05) is 0 Å². The van der Waals surface area contributed by atoms with E-state index in [1.165, 1.54) is 10.6 Å². The van der Waals surface area contributed by atoms with Crippen LogP contribution in [0.25, 0.3) is 0 Å². The third kappa shape index (κ3) is 2.30. The van der Waals surface area contributed by atoms with Crippen molar-refractivity contribution in [1.82, 2.24) is 4.57 Å². The van der Waals surface area contributed by atoms with Gasteiger partial charge in [-0.15, -0.1) is 0 Å². The molecule has 1 aromatic heterocycles. The van der Waals surface area contributed by atoms with Crippen LogP contribution in [-0.4, -0.2) is 16.3 Å². The fourth-order valence-electron chi connectivity index (χ4n) is 0.785. The van der Waals surface area contributed by atoms with E-state index >= 15 is 0 Å². The maximum atomic E-state index is 11.0. The number of rotatable bonds is 2. The molecule has 1 heterocycles. The Morgan fingerprint density at radius 1 is 1.55 bits per heavy atom. The second-order valence-corrected chi connectivity index (χ2v) is 3.35. The van der Waals surface area contributed by atoms with Gasteiger partial charge in [0.05, 0.1) is 6.61 Å². The van der Waals surface area contributed by atoms with E-state index < -0.39 is 0 Å². The topological polar surface area (TPSA) is 42.2 Å². The van der Waals surface area contributed by atoms with E-state index in [1.54, 1.807) is 12.3 Å². The second kappa shape index (κ2) is 3.87. The van der Waals surface area contributed by atoms with Crippen molar-refractivity contribution in [2.75, 3.05) is 6.61 Å². The third-order valence-electron chi connectivity index (χ3n) is 1.29. The summed E-state index contributed by atoms with van der Waals surface area (Å²) in [6.07, 6.45) is 1.72. The number of halogens is 1. The van der Waals surface area contributed by atoms with Gasteiger partial charge >= 0.3 is 0 Å². The molecule has 0 saturated carbocycles. The summed E-state index contributed by atoms with van der Waals surface area (Å²) < 4.78 is 2.48. The summed E-state index contributed by atoms with van der Waals surface area (Å²) >= 11 is 2.12. The number of aromatic nitrogens is 1. The van der Waals surface area contributed by atoms with Crippen LogP contribution in [0.3, 0.4) is 0 Å². The van der Waals surface area contributed by atoms with Gasteiger partial charge < -0.3 is 9.67 Å². The highest BCUT2D eigenvalue weighted by Gasteiger charge is 1.93. The number of aliphatic hydroxyl groups is 1. The summed E-state index contributed by atoms with van der Waals surface area (Å²) in [6.45, 7) is 0.371. The van der Waals surface area contributed by atoms with Crippen LogP contribution in [0, 0.1) is 3.57 Å². The first-order valence-corrected chi connectivity index (χ1v) is 4.29. The molecule has 0 aliphatic heterocycles. The monoisotopic (exact) mass is 265 g/mol. The van der Waals surface area contributed by atoms with Gasteiger partial charge in [-0.25, -0.2) is 0 Å². The molecule has 0 radical (unpaired) electrons. The molecule has 0 bridgehead atoms. The highest BCUT2D eigenvalue weighted by molar-refractivity contribution is 14.1. The minimum absolute atomic E-state index is 0. The summed E-state index contributed by atoms with van der Waals surface area (Å²) in [7, 11) is 0. The molecule has 0 unspecified atom stereocenters. The van der Waals surface area contributed by atoms with Gasteiger partial charge in [-0.3, -0.25) is 4.79 Å². The van der Waals surface area contributed by atoms with Crippen molar-refractivity contribution in [2.45, 2.75) is 6.54 Å². The number of pyridine rings is 1. The van der Waals surface area contributed by atoms with Gasteiger partial charge in [0.1, 0.15) is 0 Å². The van der Waals surface area contributed by atoms with Gasteiger partial charge in [-0.05, 0) is 28.7 Å². The average Bonchev–Trinajstić information content (AvgIpc) is 1.98. The lowest BCUT2D eigenvalue weighted by molar-refractivity contribution is 0.274. The summed E-state index contributed by atoms with van der Waals surface area (Å²) in [5.41, 5.74) is -0.0699. The number of nitrogens with zero attached hydrogens (tertiary/aromatic N) is 1. The number of aliphatic hydroxyl groups excluding tert-OH is 1. The fraction of sp³-hybridized carbons (Fsp3) is 0.286. The molecular weight excluding hydrogens is 257 g/mol. The van der Waals surface area contributed by atoms with Crippen LogP contribution in [0.5, 0.6) is 0 Å². The highest BCUT2D eigenvalue weighted by Crippen LogP contribution is 1.98. The fourth-order valence-corrected chi connectivity index (χ4v) is 1.30. The molecular formula is C7H8INO2. The van der Waals surface area contributed by atoms with Gasteiger partial charge in [0.15, 0.2) is 0 Å². The van der Waals surface area contributed by atoms with E-state index in [0.717, 1.165) is 3.57 Å². The average molecular weight is 265 g/mol. The first-order valence-electron chi connectivity index (χ1n) is 3.21. The Hall–Kier alpha value is -0.360. The molecule has 1 N–H and O–H groups in total. The molecule has 0 aliphatic rings. The minimum atomic E-state index is -0.0699. The predicted octanol–water partition coefficient (Wildman–Crippen LogP) is 0.445. The molecule has 1 rings (SSSR count). The maximum Gasteiger partial charge on any atom is 0.250 e. The van der Waals surface area contributed by atoms with Crippen LogP contribution in [0.2, 0.25) is 0 Å². The van der Waals surface area contributed by atoms with Crippen molar-refractivity contribution in [2.24, 2.45) is 0 Å². The van der Waals surface area contributed by atoms with Gasteiger partial charge in [0.2, 0.25) is 0 Å². The zero-order valence-electron chi connectivity index (χ0n) is 5.83. The molecule has 0 saturated heterocycles. The largest absolute Gasteiger partial charge is 0.395 e. The van der Waals surface area contributed by atoms with Crippen molar-refractivity contribution in [3.05, 3.63) is 32.3 Å². The van der Waals surface area contributed by atoms with Crippen LogP contribution in [0.15, 0.2) is 23.1 Å². The smallest absolute Gasteiger partial charge is 0.250 e. The molecule has 0 aliphatic carbocycles. The van der Waals surface area contributed by atoms with Crippen molar-refractivity contribution < 1.29 is 5.11 Å². The first-order chi connectivity index (χ1) is 5.24. The maximum absolute atomic E-state index is 11.0. The second-order valence-electron chi connectivity index (χ2n) is 2.10. The van der Waals surface area contributed by atoms with E-state index in [1.807, 2.05) is 0 Å². The van der Waals surface area contributed by atoms with Crippen LogP contribution >= 0.6 is 22.6 Å². The standard InChI is InChI=1S/C7H8INO2/c8-6-1-2-7(11)9(5-6)3-4-10/h1-2,5,10H,3-4H2. The molecule has 11 heavy (non-hydrogen) atoms. The molecule has 0 fully saturated rings. The molecule has 0 spiro atoms. The Labute approximate surface area is 77.8 Å². The molecule has 0 aromatic carbocycles. The molecule has 4 heteroatoms. The Kier molecular flexibility index (Phi) is 3.07. The van der Waals surface area contributed by atoms with Crippen molar-refractivity contribution in [1.29, 1.82) is 0 Å². The highest BCUT2D eigenvalue weighted by atomic mass is 127. The van der Waals surface area contributed by atoms with E-state index in [9.17, 15) is 4.79 Å². The molecule has 60 valence electrons. The van der Waals surface area contributed by atoms with Crippen LogP contribution < -0.4 is 5.56 Å². The van der Waals surface area contributed by atoms with E-state index in [2.05, 4.69) is 22.6 Å². The normalized spacial score (nSPS) is 10.0. The van der Waals surface area contributed by atoms with Gasteiger partial charge in [0, 0.05) is 22.4 Å². The SMILES string of the molecule is O=c1ccc(I)cn1CCO. The van der Waals surface area contributed by atoms with Crippen LogP contribution in [-0.2, 0) is 6.54 Å². The van der Waals surface area contributed by atoms with Crippen molar-refractivity contribution in [3.63, 3.8) is 0 Å². The summed E-state index contributed by atoms with van der Waals surface area (Å²) in [5, 5.41) is 8.57. The summed E-state index contributed by atoms with van der Waals surface area (Å²) in [5.74, 6) is 0. The number of hydrogen-bond donors (Lipinski definition) is 1. The lowest BCUT2D eigenvalue weighted by Crippen LogP contribution is -2.20. The third-order valence-corrected chi connectivity index (χ3v) is 1.93. The van der Waals surface area contributed by atoms with Crippen molar-refractivity contribution in [3.8, 4) is 0 Å². The zero-order valence-corrected chi connectivity index (χ0v) is 7.98. The zero-order chi connectivity index (χ0) is 8.27. The Balaban J connectivity index is 3.03. The number of hydrogen-bond acceptors (Lipinski definition) is 2. The van der Waals surface area contributed by atoms with Gasteiger partial charge in [0.25, 0.3) is 5.56 Å². The van der Waals surface area contributed by atoms with E-state index in [4.69, 9.17) is 5.11 Å². The Morgan fingerprint density at radius 3 is 2.91 bits per heavy atom. The van der Waals surface area contributed by atoms with Crippen LogP contribution in [0.4, 0.5) is 0 Å². The van der Waals surface area contributed by atoms with Gasteiger partial charge in [-0.2, -0.15) is 0 Å². The summed E-state index contributed by atoms with van der Waals surface area (Å²) in [6, 6.07) is 3.24. The minimum Gasteiger partial charge on any atom is -0.395 e. The van der Waals surface area contributed by atoms with Crippen molar-refractivity contribution >= 4 is 22.6 Å². The van der Waals surface area contributed by atoms with E-state index in [0.29, 0.717) is 6.54 Å². The summed E-state index contributed by atoms with van der Waals surface area (Å²) in [4.78, 5) is 11.0. The first kappa shape index (κ1) is 8.73.